The van der Waals surface area contributed by atoms with Crippen molar-refractivity contribution in [2.45, 2.75) is 26.7 Å². The number of unbranched alkanes of at least 4 members (excludes halogenated alkanes) is 1. The maximum absolute atomic E-state index is 11.0. The first-order valence-electron chi connectivity index (χ1n) is 7.20. The Balaban J connectivity index is 2.83. The first-order chi connectivity index (χ1) is 9.45. The first kappa shape index (κ1) is 16.3. The van der Waals surface area contributed by atoms with E-state index in [1.165, 1.54) is 0 Å². The number of hydrogen-bond acceptors (Lipinski definition) is 3. The maximum Gasteiger partial charge on any atom is 0.308 e. The topological polar surface area (TPSA) is 43.8 Å². The van der Waals surface area contributed by atoms with Crippen LogP contribution in [-0.2, 0) is 4.79 Å². The number of hydrogen-bond donors (Lipinski definition) is 1. The van der Waals surface area contributed by atoms with Crippen LogP contribution in [-0.4, -0.2) is 38.3 Å². The molecule has 0 fully saturated rings. The average molecular weight is 278 g/mol. The third kappa shape index (κ3) is 4.76. The van der Waals surface area contributed by atoms with Gasteiger partial charge in [0.05, 0.1) is 5.92 Å². The van der Waals surface area contributed by atoms with Gasteiger partial charge in [0.15, 0.2) is 0 Å². The molecule has 0 bridgehead atoms. The highest BCUT2D eigenvalue weighted by atomic mass is 16.4. The van der Waals surface area contributed by atoms with Gasteiger partial charge in [-0.05, 0) is 30.7 Å². The Labute approximate surface area is 122 Å². The van der Waals surface area contributed by atoms with Gasteiger partial charge in [-0.1, -0.05) is 20.3 Å². The zero-order chi connectivity index (χ0) is 15.1. The van der Waals surface area contributed by atoms with Crippen molar-refractivity contribution in [3.05, 3.63) is 24.3 Å². The molecule has 4 nitrogen and oxygen atoms in total. The number of rotatable bonds is 8. The summed E-state index contributed by atoms with van der Waals surface area (Å²) in [4.78, 5) is 15.3. The Morgan fingerprint density at radius 3 is 2.20 bits per heavy atom. The van der Waals surface area contributed by atoms with Crippen LogP contribution >= 0.6 is 0 Å². The monoisotopic (exact) mass is 278 g/mol. The second-order valence-corrected chi connectivity index (χ2v) is 5.45. The molecule has 112 valence electrons. The van der Waals surface area contributed by atoms with Crippen molar-refractivity contribution >= 4 is 17.3 Å². The Bertz CT molecular complexity index is 415. The van der Waals surface area contributed by atoms with Gasteiger partial charge in [0.1, 0.15) is 0 Å². The molecule has 0 radical (unpaired) electrons. The summed E-state index contributed by atoms with van der Waals surface area (Å²) in [7, 11) is 4.02. The van der Waals surface area contributed by atoms with E-state index >= 15 is 0 Å². The highest BCUT2D eigenvalue weighted by molar-refractivity contribution is 5.70. The van der Waals surface area contributed by atoms with Crippen molar-refractivity contribution in [1.29, 1.82) is 0 Å². The smallest absolute Gasteiger partial charge is 0.308 e. The van der Waals surface area contributed by atoms with E-state index in [0.717, 1.165) is 30.8 Å². The summed E-state index contributed by atoms with van der Waals surface area (Å²) in [5.74, 6) is -1.10. The molecule has 0 saturated carbocycles. The summed E-state index contributed by atoms with van der Waals surface area (Å²) in [6.45, 7) is 5.36. The Morgan fingerprint density at radius 2 is 1.75 bits per heavy atom. The summed E-state index contributed by atoms with van der Waals surface area (Å²) >= 11 is 0. The lowest BCUT2D eigenvalue weighted by molar-refractivity contribution is -0.140. The van der Waals surface area contributed by atoms with Crippen molar-refractivity contribution in [3.8, 4) is 0 Å². The molecule has 0 aliphatic carbocycles. The van der Waals surface area contributed by atoms with Crippen LogP contribution in [0, 0.1) is 5.92 Å². The number of carboxylic acids is 1. The lowest BCUT2D eigenvalue weighted by atomic mass is 10.1. The van der Waals surface area contributed by atoms with Gasteiger partial charge in [-0.2, -0.15) is 0 Å². The SMILES string of the molecule is CCCCN(CC(C)C(=O)O)c1ccc(N(C)C)cc1. The molecule has 0 spiro atoms. The molecule has 20 heavy (non-hydrogen) atoms. The summed E-state index contributed by atoms with van der Waals surface area (Å²) in [6, 6.07) is 8.28. The molecule has 0 aliphatic heterocycles. The van der Waals surface area contributed by atoms with Gasteiger partial charge in [0, 0.05) is 38.6 Å². The van der Waals surface area contributed by atoms with Crippen molar-refractivity contribution in [2.24, 2.45) is 5.92 Å². The van der Waals surface area contributed by atoms with Gasteiger partial charge in [-0.15, -0.1) is 0 Å². The highest BCUT2D eigenvalue weighted by Crippen LogP contribution is 2.21. The van der Waals surface area contributed by atoms with E-state index in [0.29, 0.717) is 6.54 Å². The zero-order valence-corrected chi connectivity index (χ0v) is 13.0. The minimum absolute atomic E-state index is 0.361. The Hall–Kier alpha value is -1.71. The first-order valence-corrected chi connectivity index (χ1v) is 7.20. The largest absolute Gasteiger partial charge is 0.481 e. The molecule has 0 heterocycles. The minimum atomic E-state index is -0.739. The van der Waals surface area contributed by atoms with Crippen LogP contribution in [0.25, 0.3) is 0 Å². The van der Waals surface area contributed by atoms with Crippen molar-refractivity contribution < 1.29 is 9.90 Å². The summed E-state index contributed by atoms with van der Waals surface area (Å²) in [6.07, 6.45) is 2.18. The summed E-state index contributed by atoms with van der Waals surface area (Å²) < 4.78 is 0. The van der Waals surface area contributed by atoms with E-state index in [2.05, 4.69) is 41.0 Å². The molecule has 1 atom stereocenters. The van der Waals surface area contributed by atoms with Gasteiger partial charge >= 0.3 is 5.97 Å². The summed E-state index contributed by atoms with van der Waals surface area (Å²) in [5.41, 5.74) is 2.24. The lowest BCUT2D eigenvalue weighted by Crippen LogP contribution is -2.32. The lowest BCUT2D eigenvalue weighted by Gasteiger charge is -2.27. The number of carboxylic acid groups (broad SMARTS) is 1. The molecule has 1 aromatic rings. The molecule has 1 unspecified atom stereocenters. The molecular formula is C16H26N2O2. The van der Waals surface area contributed by atoms with E-state index in [-0.39, 0.29) is 5.92 Å². The van der Waals surface area contributed by atoms with E-state index < -0.39 is 5.97 Å². The molecule has 0 saturated heterocycles. The van der Waals surface area contributed by atoms with Crippen LogP contribution in [0.3, 0.4) is 0 Å². The number of benzene rings is 1. The van der Waals surface area contributed by atoms with Crippen molar-refractivity contribution in [1.82, 2.24) is 0 Å². The third-order valence-corrected chi connectivity index (χ3v) is 3.43. The van der Waals surface area contributed by atoms with Crippen LogP contribution in [0.15, 0.2) is 24.3 Å². The Kier molecular flexibility index (Phi) is 6.36. The van der Waals surface area contributed by atoms with Crippen LogP contribution in [0.2, 0.25) is 0 Å². The van der Waals surface area contributed by atoms with Gasteiger partial charge in [-0.25, -0.2) is 0 Å². The van der Waals surface area contributed by atoms with Crippen LogP contribution in [0.1, 0.15) is 26.7 Å². The third-order valence-electron chi connectivity index (χ3n) is 3.43. The number of anilines is 2. The molecule has 0 amide bonds. The van der Waals surface area contributed by atoms with E-state index in [1.807, 2.05) is 14.1 Å². The number of aliphatic carboxylic acids is 1. The molecule has 1 N–H and O–H groups in total. The van der Waals surface area contributed by atoms with E-state index in [9.17, 15) is 4.79 Å². The van der Waals surface area contributed by atoms with Gasteiger partial charge < -0.3 is 14.9 Å². The maximum atomic E-state index is 11.0. The molecular weight excluding hydrogens is 252 g/mol. The van der Waals surface area contributed by atoms with Crippen molar-refractivity contribution in [2.75, 3.05) is 37.0 Å². The fraction of sp³-hybridized carbons (Fsp3) is 0.562. The quantitative estimate of drug-likeness (QED) is 0.793. The fourth-order valence-electron chi connectivity index (χ4n) is 2.05. The van der Waals surface area contributed by atoms with Crippen LogP contribution < -0.4 is 9.80 Å². The molecule has 4 heteroatoms. The fourth-order valence-corrected chi connectivity index (χ4v) is 2.05. The normalized spacial score (nSPS) is 12.0. The average Bonchev–Trinajstić information content (AvgIpc) is 2.43. The summed E-state index contributed by atoms with van der Waals surface area (Å²) in [5, 5.41) is 9.09. The van der Waals surface area contributed by atoms with E-state index in [1.54, 1.807) is 6.92 Å². The number of nitrogens with zero attached hydrogens (tertiary/aromatic N) is 2. The minimum Gasteiger partial charge on any atom is -0.481 e. The highest BCUT2D eigenvalue weighted by Gasteiger charge is 2.16. The van der Waals surface area contributed by atoms with Gasteiger partial charge in [0.2, 0.25) is 0 Å². The molecule has 1 rings (SSSR count). The van der Waals surface area contributed by atoms with Crippen LogP contribution in [0.5, 0.6) is 0 Å². The van der Waals surface area contributed by atoms with Crippen molar-refractivity contribution in [3.63, 3.8) is 0 Å². The van der Waals surface area contributed by atoms with Crippen LogP contribution in [0.4, 0.5) is 11.4 Å². The van der Waals surface area contributed by atoms with Gasteiger partial charge in [-0.3, -0.25) is 4.79 Å². The molecule has 0 aliphatic rings. The molecule has 0 aromatic heterocycles. The standard InChI is InChI=1S/C16H26N2O2/c1-5-6-11-18(12-13(2)16(19)20)15-9-7-14(8-10-15)17(3)4/h7-10,13H,5-6,11-12H2,1-4H3,(H,19,20). The predicted octanol–water partition coefficient (Wildman–Crippen LogP) is 3.08. The second-order valence-electron chi connectivity index (χ2n) is 5.45. The second kappa shape index (κ2) is 7.78. The predicted molar refractivity (Wildman–Crippen MR) is 84.7 cm³/mol. The zero-order valence-electron chi connectivity index (χ0n) is 13.0. The number of carbonyl (C=O) groups is 1. The Morgan fingerprint density at radius 1 is 1.20 bits per heavy atom. The van der Waals surface area contributed by atoms with E-state index in [4.69, 9.17) is 5.11 Å². The van der Waals surface area contributed by atoms with Gasteiger partial charge in [0.25, 0.3) is 0 Å². The molecule has 1 aromatic carbocycles.